The number of thiol groups is 1. The Hall–Kier alpha value is -1.01. The molecular weight excluding hydrogens is 282 g/mol. The van der Waals surface area contributed by atoms with Crippen LogP contribution in [0.15, 0.2) is 29.2 Å². The lowest BCUT2D eigenvalue weighted by atomic mass is 10.0. The molecule has 19 heavy (non-hydrogen) atoms. The van der Waals surface area contributed by atoms with Gasteiger partial charge in [0.2, 0.25) is 5.91 Å². The van der Waals surface area contributed by atoms with Gasteiger partial charge in [-0.25, -0.2) is 8.42 Å². The molecular formula is C13H17NO3S2. The summed E-state index contributed by atoms with van der Waals surface area (Å²) in [5.41, 5.74) is 0.263. The van der Waals surface area contributed by atoms with Crippen molar-refractivity contribution in [2.75, 3.05) is 11.5 Å². The van der Waals surface area contributed by atoms with E-state index in [1.807, 2.05) is 24.3 Å². The van der Waals surface area contributed by atoms with Crippen LogP contribution in [0.25, 0.3) is 0 Å². The highest BCUT2D eigenvalue weighted by molar-refractivity contribution is 7.91. The molecule has 0 spiro atoms. The molecule has 0 radical (unpaired) electrons. The topological polar surface area (TPSA) is 63.2 Å². The molecule has 1 unspecified atom stereocenters. The molecule has 1 saturated heterocycles. The van der Waals surface area contributed by atoms with Crippen molar-refractivity contribution in [1.82, 2.24) is 5.32 Å². The van der Waals surface area contributed by atoms with Crippen LogP contribution in [0.1, 0.15) is 18.9 Å². The van der Waals surface area contributed by atoms with Crippen LogP contribution in [0.2, 0.25) is 0 Å². The third kappa shape index (κ3) is 3.98. The van der Waals surface area contributed by atoms with Crippen LogP contribution in [0.3, 0.4) is 0 Å². The monoisotopic (exact) mass is 299 g/mol. The average molecular weight is 299 g/mol. The molecule has 104 valence electrons. The summed E-state index contributed by atoms with van der Waals surface area (Å²) in [6, 6.07) is 7.34. The predicted octanol–water partition coefficient (Wildman–Crippen LogP) is 1.21. The fourth-order valence-corrected chi connectivity index (χ4v) is 4.53. The summed E-state index contributed by atoms with van der Waals surface area (Å²) < 4.78 is 22.9. The normalized spacial score (nSPS) is 25.2. The van der Waals surface area contributed by atoms with E-state index in [-0.39, 0.29) is 23.8 Å². The van der Waals surface area contributed by atoms with Gasteiger partial charge in [-0.05, 0) is 31.0 Å². The van der Waals surface area contributed by atoms with E-state index in [0.29, 0.717) is 6.42 Å². The van der Waals surface area contributed by atoms with Gasteiger partial charge in [-0.3, -0.25) is 4.79 Å². The maximum atomic E-state index is 11.9. The van der Waals surface area contributed by atoms with Crippen molar-refractivity contribution in [3.8, 4) is 0 Å². The van der Waals surface area contributed by atoms with Crippen molar-refractivity contribution in [2.45, 2.75) is 30.2 Å². The van der Waals surface area contributed by atoms with Crippen LogP contribution >= 0.6 is 12.6 Å². The van der Waals surface area contributed by atoms with E-state index in [0.717, 1.165) is 10.5 Å². The maximum Gasteiger partial charge on any atom is 0.224 e. The lowest BCUT2D eigenvalue weighted by Crippen LogP contribution is -2.47. The van der Waals surface area contributed by atoms with Crippen LogP contribution < -0.4 is 5.32 Å². The average Bonchev–Trinajstić information content (AvgIpc) is 2.56. The zero-order valence-electron chi connectivity index (χ0n) is 10.7. The number of sulfone groups is 1. The molecule has 0 aromatic heterocycles. The highest BCUT2D eigenvalue weighted by atomic mass is 32.2. The molecule has 1 fully saturated rings. The van der Waals surface area contributed by atoms with E-state index in [1.165, 1.54) is 0 Å². The van der Waals surface area contributed by atoms with E-state index in [1.54, 1.807) is 6.92 Å². The quantitative estimate of drug-likeness (QED) is 0.825. The Labute approximate surface area is 118 Å². The number of rotatable bonds is 3. The summed E-state index contributed by atoms with van der Waals surface area (Å²) in [4.78, 5) is 12.8. The van der Waals surface area contributed by atoms with Gasteiger partial charge < -0.3 is 5.32 Å². The second kappa shape index (κ2) is 5.17. The SMILES string of the molecule is CC1(NC(=O)Cc2ccc(S)cc2)CCS(=O)(=O)C1. The number of benzene rings is 1. The zero-order valence-corrected chi connectivity index (χ0v) is 12.4. The maximum absolute atomic E-state index is 11.9. The van der Waals surface area contributed by atoms with E-state index in [2.05, 4.69) is 17.9 Å². The predicted molar refractivity (Wildman–Crippen MR) is 77.2 cm³/mol. The molecule has 1 N–H and O–H groups in total. The number of carbonyl (C=O) groups excluding carboxylic acids is 1. The Morgan fingerprint density at radius 1 is 1.37 bits per heavy atom. The number of nitrogens with one attached hydrogen (secondary N) is 1. The number of hydrogen-bond donors (Lipinski definition) is 2. The highest BCUT2D eigenvalue weighted by Gasteiger charge is 2.39. The molecule has 0 bridgehead atoms. The summed E-state index contributed by atoms with van der Waals surface area (Å²) in [6.45, 7) is 1.78. The lowest BCUT2D eigenvalue weighted by molar-refractivity contribution is -0.121. The van der Waals surface area contributed by atoms with Gasteiger partial charge in [0.1, 0.15) is 0 Å². The van der Waals surface area contributed by atoms with E-state index in [4.69, 9.17) is 0 Å². The van der Waals surface area contributed by atoms with Gasteiger partial charge in [0.15, 0.2) is 9.84 Å². The fourth-order valence-electron chi connectivity index (χ4n) is 2.29. The molecule has 2 rings (SSSR count). The first-order valence-electron chi connectivity index (χ1n) is 6.07. The molecule has 1 aromatic carbocycles. The van der Waals surface area contributed by atoms with Crippen molar-refractivity contribution in [3.05, 3.63) is 29.8 Å². The minimum absolute atomic E-state index is 0.0291. The molecule has 4 nitrogen and oxygen atoms in total. The van der Waals surface area contributed by atoms with Gasteiger partial charge in [0, 0.05) is 4.90 Å². The summed E-state index contributed by atoms with van der Waals surface area (Å²) in [5.74, 6) is 0.0333. The van der Waals surface area contributed by atoms with Crippen LogP contribution in [0.5, 0.6) is 0 Å². The molecule has 1 aliphatic heterocycles. The Morgan fingerprint density at radius 2 is 2.00 bits per heavy atom. The smallest absolute Gasteiger partial charge is 0.224 e. The van der Waals surface area contributed by atoms with Crippen molar-refractivity contribution in [2.24, 2.45) is 0 Å². The summed E-state index contributed by atoms with van der Waals surface area (Å²) >= 11 is 4.18. The lowest BCUT2D eigenvalue weighted by Gasteiger charge is -2.23. The van der Waals surface area contributed by atoms with Gasteiger partial charge in [-0.15, -0.1) is 12.6 Å². The minimum Gasteiger partial charge on any atom is -0.350 e. The van der Waals surface area contributed by atoms with Crippen LogP contribution in [-0.4, -0.2) is 31.4 Å². The molecule has 1 atom stereocenters. The van der Waals surface area contributed by atoms with Crippen LogP contribution in [0, 0.1) is 0 Å². The first kappa shape index (κ1) is 14.4. The second-order valence-electron chi connectivity index (χ2n) is 5.29. The molecule has 1 aliphatic rings. The third-order valence-corrected chi connectivity index (χ3v) is 5.45. The van der Waals surface area contributed by atoms with Gasteiger partial charge in [0.25, 0.3) is 0 Å². The van der Waals surface area contributed by atoms with E-state index < -0.39 is 15.4 Å². The number of carbonyl (C=O) groups is 1. The first-order valence-corrected chi connectivity index (χ1v) is 8.34. The Kier molecular flexibility index (Phi) is 3.92. The molecule has 0 aliphatic carbocycles. The standard InChI is InChI=1S/C13H17NO3S2/c1-13(6-7-19(16,17)9-13)14-12(15)8-10-2-4-11(18)5-3-10/h2-5,18H,6-9H2,1H3,(H,14,15). The third-order valence-electron chi connectivity index (χ3n) is 3.25. The molecule has 6 heteroatoms. The summed E-state index contributed by atoms with van der Waals surface area (Å²) in [5, 5.41) is 2.84. The van der Waals surface area contributed by atoms with E-state index >= 15 is 0 Å². The van der Waals surface area contributed by atoms with Crippen molar-refractivity contribution in [1.29, 1.82) is 0 Å². The second-order valence-corrected chi connectivity index (χ2v) is 7.99. The van der Waals surface area contributed by atoms with Gasteiger partial charge in [-0.1, -0.05) is 12.1 Å². The fraction of sp³-hybridized carbons (Fsp3) is 0.462. The zero-order chi connectivity index (χ0) is 14.1. The van der Waals surface area contributed by atoms with Crippen LogP contribution in [-0.2, 0) is 21.1 Å². The Balaban J connectivity index is 1.97. The largest absolute Gasteiger partial charge is 0.350 e. The highest BCUT2D eigenvalue weighted by Crippen LogP contribution is 2.22. The van der Waals surface area contributed by atoms with E-state index in [9.17, 15) is 13.2 Å². The van der Waals surface area contributed by atoms with Crippen LogP contribution in [0.4, 0.5) is 0 Å². The summed E-state index contributed by atoms with van der Waals surface area (Å²) in [7, 11) is -3.00. The first-order chi connectivity index (χ1) is 8.78. The Bertz CT molecular complexity index is 580. The van der Waals surface area contributed by atoms with Gasteiger partial charge >= 0.3 is 0 Å². The minimum atomic E-state index is -3.00. The molecule has 0 saturated carbocycles. The number of amides is 1. The number of hydrogen-bond acceptors (Lipinski definition) is 4. The van der Waals surface area contributed by atoms with Gasteiger partial charge in [0.05, 0.1) is 23.5 Å². The molecule has 1 aromatic rings. The van der Waals surface area contributed by atoms with Crippen molar-refractivity contribution < 1.29 is 13.2 Å². The van der Waals surface area contributed by atoms with Crippen molar-refractivity contribution in [3.63, 3.8) is 0 Å². The molecule has 1 heterocycles. The summed E-state index contributed by atoms with van der Waals surface area (Å²) in [6.07, 6.45) is 0.736. The van der Waals surface area contributed by atoms with Gasteiger partial charge in [-0.2, -0.15) is 0 Å². The van der Waals surface area contributed by atoms with Crippen molar-refractivity contribution >= 4 is 28.4 Å². The Morgan fingerprint density at radius 3 is 2.53 bits per heavy atom. The molecule has 1 amide bonds.